The number of aliphatic hydroxyl groups is 1. The number of rotatable bonds is 4. The number of nitriles is 1. The summed E-state index contributed by atoms with van der Waals surface area (Å²) >= 11 is 5.83. The molecule has 11 heteroatoms. The van der Waals surface area contributed by atoms with Crippen LogP contribution in [0.3, 0.4) is 0 Å². The Morgan fingerprint density at radius 1 is 1.31 bits per heavy atom. The number of anilines is 1. The van der Waals surface area contributed by atoms with Gasteiger partial charge in [0.1, 0.15) is 5.82 Å². The van der Waals surface area contributed by atoms with Gasteiger partial charge >= 0.3 is 6.18 Å². The quantitative estimate of drug-likeness (QED) is 0.710. The number of amides is 2. The second kappa shape index (κ2) is 6.85. The van der Waals surface area contributed by atoms with Gasteiger partial charge in [0.15, 0.2) is 0 Å². The molecule has 0 spiro atoms. The Morgan fingerprint density at radius 3 is 2.55 bits per heavy atom. The van der Waals surface area contributed by atoms with E-state index in [1.807, 2.05) is 6.07 Å². The van der Waals surface area contributed by atoms with Crippen molar-refractivity contribution in [2.45, 2.75) is 18.7 Å². The van der Waals surface area contributed by atoms with E-state index >= 15 is 0 Å². The van der Waals surface area contributed by atoms with E-state index in [-0.39, 0.29) is 41.7 Å². The zero-order valence-electron chi connectivity index (χ0n) is 14.9. The number of halogens is 4. The summed E-state index contributed by atoms with van der Waals surface area (Å²) in [7, 11) is 0. The number of hydrogen-bond acceptors (Lipinski definition) is 6. The lowest BCUT2D eigenvalue weighted by Crippen LogP contribution is -2.39. The van der Waals surface area contributed by atoms with Gasteiger partial charge in [-0.1, -0.05) is 11.6 Å². The molecule has 1 aromatic rings. The first-order valence-corrected chi connectivity index (χ1v) is 9.42. The Bertz CT molecular complexity index is 919. The van der Waals surface area contributed by atoms with Gasteiger partial charge in [-0.2, -0.15) is 18.4 Å². The van der Waals surface area contributed by atoms with Crippen LogP contribution in [0.2, 0.25) is 5.02 Å². The predicted molar refractivity (Wildman–Crippen MR) is 93.1 cm³/mol. The molecule has 2 N–H and O–H groups in total. The highest BCUT2D eigenvalue weighted by atomic mass is 35.5. The van der Waals surface area contributed by atoms with E-state index in [9.17, 15) is 33.1 Å². The monoisotopic (exact) mass is 428 g/mol. The van der Waals surface area contributed by atoms with E-state index < -0.39 is 41.5 Å². The summed E-state index contributed by atoms with van der Waals surface area (Å²) in [5, 5.41) is 22.0. The van der Waals surface area contributed by atoms with E-state index in [1.54, 1.807) is 0 Å². The van der Waals surface area contributed by atoms with E-state index in [1.165, 1.54) is 0 Å². The number of aromatic nitrogens is 1. The number of carbonyl (C=O) groups excluding carboxylic acids is 2. The second-order valence-electron chi connectivity index (χ2n) is 7.57. The van der Waals surface area contributed by atoms with Crippen molar-refractivity contribution < 1.29 is 27.9 Å². The number of carbonyl (C=O) groups is 2. The van der Waals surface area contributed by atoms with Crippen LogP contribution in [0.1, 0.15) is 12.0 Å². The molecule has 1 aliphatic heterocycles. The normalized spacial score (nSPS) is 33.2. The van der Waals surface area contributed by atoms with Crippen LogP contribution in [0.4, 0.5) is 19.0 Å². The molecule has 3 fully saturated rings. The lowest BCUT2D eigenvalue weighted by Gasteiger charge is -2.28. The Balaban J connectivity index is 1.41. The highest BCUT2D eigenvalue weighted by Gasteiger charge is 2.67. The fourth-order valence-electron chi connectivity index (χ4n) is 4.93. The van der Waals surface area contributed by atoms with Gasteiger partial charge in [-0.05, 0) is 24.3 Å². The predicted octanol–water partition coefficient (Wildman–Crippen LogP) is 1.92. The molecule has 0 radical (unpaired) electrons. The minimum atomic E-state index is -4.56. The molecular weight excluding hydrogens is 413 g/mol. The summed E-state index contributed by atoms with van der Waals surface area (Å²) in [5.74, 6) is -3.30. The largest absolute Gasteiger partial charge is 0.417 e. The lowest BCUT2D eigenvalue weighted by molar-refractivity contribution is -0.141. The Morgan fingerprint density at radius 2 is 1.97 bits per heavy atom. The average Bonchev–Trinajstić information content (AvgIpc) is 3.26. The van der Waals surface area contributed by atoms with Gasteiger partial charge in [-0.3, -0.25) is 14.5 Å². The fraction of sp³-hybridized carbons (Fsp3) is 0.556. The molecule has 1 aromatic heterocycles. The third-order valence-corrected chi connectivity index (χ3v) is 6.46. The van der Waals surface area contributed by atoms with Gasteiger partial charge < -0.3 is 10.4 Å². The van der Waals surface area contributed by atoms with Crippen LogP contribution in [-0.4, -0.2) is 46.0 Å². The molecular formula is C18H16ClF3N4O3. The molecule has 0 unspecified atom stereocenters. The maximum absolute atomic E-state index is 12.7. The first-order chi connectivity index (χ1) is 13.6. The maximum atomic E-state index is 12.7. The zero-order valence-corrected chi connectivity index (χ0v) is 15.6. The van der Waals surface area contributed by atoms with E-state index in [0.717, 1.165) is 11.0 Å². The SMILES string of the molecule is N#C[C@@H]1[C@H](O)[C@H]2C[C@H]1[C@@H]1C(=O)N(CCNc3ncc(C(F)(F)F)cc3Cl)C(=O)[C@@H]21. The number of alkyl halides is 3. The van der Waals surface area contributed by atoms with Gasteiger partial charge in [-0.25, -0.2) is 4.98 Å². The smallest absolute Gasteiger partial charge is 0.391 e. The summed E-state index contributed by atoms with van der Waals surface area (Å²) < 4.78 is 38.0. The first kappa shape index (κ1) is 19.9. The van der Waals surface area contributed by atoms with Gasteiger partial charge in [0, 0.05) is 19.3 Å². The molecule has 29 heavy (non-hydrogen) atoms. The number of likely N-dealkylation sites (tertiary alicyclic amines) is 1. The van der Waals surface area contributed by atoms with Gasteiger partial charge in [-0.15, -0.1) is 0 Å². The molecule has 154 valence electrons. The molecule has 2 amide bonds. The second-order valence-corrected chi connectivity index (χ2v) is 7.97. The summed E-state index contributed by atoms with van der Waals surface area (Å²) in [4.78, 5) is 30.2. The van der Waals surface area contributed by atoms with Gasteiger partial charge in [0.2, 0.25) is 11.8 Å². The average molecular weight is 429 g/mol. The molecule has 3 aliphatic rings. The van der Waals surface area contributed by atoms with Crippen LogP contribution in [-0.2, 0) is 15.8 Å². The molecule has 2 bridgehead atoms. The molecule has 6 atom stereocenters. The van der Waals surface area contributed by atoms with Crippen LogP contribution >= 0.6 is 11.6 Å². The molecule has 2 heterocycles. The molecule has 2 aliphatic carbocycles. The van der Waals surface area contributed by atoms with Crippen LogP contribution in [0, 0.1) is 40.9 Å². The Labute approximate surface area is 168 Å². The number of fused-ring (bicyclic) bond motifs is 5. The minimum Gasteiger partial charge on any atom is -0.391 e. The van der Waals surface area contributed by atoms with Crippen molar-refractivity contribution in [2.24, 2.45) is 29.6 Å². The molecule has 7 nitrogen and oxygen atoms in total. The van der Waals surface area contributed by atoms with Crippen LogP contribution in [0.15, 0.2) is 12.3 Å². The number of pyridine rings is 1. The fourth-order valence-corrected chi connectivity index (χ4v) is 5.16. The number of nitrogens with zero attached hydrogens (tertiary/aromatic N) is 3. The number of imide groups is 1. The Kier molecular flexibility index (Phi) is 4.70. The van der Waals surface area contributed by atoms with E-state index in [0.29, 0.717) is 12.6 Å². The topological polar surface area (TPSA) is 106 Å². The summed E-state index contributed by atoms with van der Waals surface area (Å²) in [5.41, 5.74) is -0.980. The standard InChI is InChI=1S/C18H16ClF3N4O3/c19-11-3-7(18(20,21)22)6-25-15(11)24-1-2-26-16(28)12-8-4-9(13(12)17(26)29)14(27)10(8)5-23/h3,6,8-10,12-14,27H,1-2,4H2,(H,24,25)/t8-,9+,10+,12+,13+,14-/m1/s1. The van der Waals surface area contributed by atoms with Gasteiger partial charge in [0.05, 0.1) is 40.5 Å². The van der Waals surface area contributed by atoms with Crippen LogP contribution < -0.4 is 5.32 Å². The van der Waals surface area contributed by atoms with Gasteiger partial charge in [0.25, 0.3) is 0 Å². The van der Waals surface area contributed by atoms with Crippen molar-refractivity contribution in [1.29, 1.82) is 5.26 Å². The van der Waals surface area contributed by atoms with Crippen molar-refractivity contribution in [1.82, 2.24) is 9.88 Å². The summed E-state index contributed by atoms with van der Waals surface area (Å²) in [6.07, 6.45) is -4.34. The molecule has 4 rings (SSSR count). The lowest BCUT2D eigenvalue weighted by atomic mass is 9.74. The highest BCUT2D eigenvalue weighted by Crippen LogP contribution is 2.58. The Hall–Kier alpha value is -2.38. The summed E-state index contributed by atoms with van der Waals surface area (Å²) in [6, 6.07) is 2.79. The van der Waals surface area contributed by atoms with E-state index in [2.05, 4.69) is 10.3 Å². The number of nitrogens with one attached hydrogen (secondary N) is 1. The minimum absolute atomic E-state index is 0.0130. The van der Waals surface area contributed by atoms with Crippen molar-refractivity contribution in [3.05, 3.63) is 22.8 Å². The third kappa shape index (κ3) is 3.04. The number of hydrogen-bond donors (Lipinski definition) is 2. The van der Waals surface area contributed by atoms with E-state index in [4.69, 9.17) is 11.6 Å². The summed E-state index contributed by atoms with van der Waals surface area (Å²) in [6.45, 7) is 0.0328. The molecule has 2 saturated carbocycles. The van der Waals surface area contributed by atoms with Crippen LogP contribution in [0.5, 0.6) is 0 Å². The van der Waals surface area contributed by atoms with Crippen LogP contribution in [0.25, 0.3) is 0 Å². The first-order valence-electron chi connectivity index (χ1n) is 9.04. The van der Waals surface area contributed by atoms with Crippen molar-refractivity contribution in [3.8, 4) is 6.07 Å². The number of aliphatic hydroxyl groups excluding tert-OH is 1. The van der Waals surface area contributed by atoms with Crippen molar-refractivity contribution >= 4 is 29.2 Å². The highest BCUT2D eigenvalue weighted by molar-refractivity contribution is 6.33. The molecule has 0 aromatic carbocycles. The molecule has 1 saturated heterocycles. The zero-order chi connectivity index (χ0) is 21.1. The van der Waals surface area contributed by atoms with Crippen molar-refractivity contribution in [2.75, 3.05) is 18.4 Å². The maximum Gasteiger partial charge on any atom is 0.417 e. The third-order valence-electron chi connectivity index (χ3n) is 6.17. The van der Waals surface area contributed by atoms with Crippen molar-refractivity contribution in [3.63, 3.8) is 0 Å².